The number of amides is 1. The minimum absolute atomic E-state index is 0.0271. The number of likely N-dealkylation sites (N-methyl/N-ethyl adjacent to an activating group) is 1. The molecular weight excluding hydrogens is 976 g/mol. The molecule has 0 saturated heterocycles. The molecule has 0 radical (unpaired) electrons. The Morgan fingerprint density at radius 2 is 0.883 bits per heavy atom. The molecule has 0 heterocycles. The molecule has 9 nitrogen and oxygen atoms in total. The molecule has 1 N–H and O–H groups in total. The van der Waals surface area contributed by atoms with Gasteiger partial charge in [-0.2, -0.15) is 0 Å². The lowest BCUT2D eigenvalue weighted by molar-refractivity contribution is -0.870. The number of hydrogen-bond acceptors (Lipinski definition) is 7. The maximum atomic E-state index is 13.5. The number of quaternary nitrogens is 1. The van der Waals surface area contributed by atoms with Crippen molar-refractivity contribution in [3.63, 3.8) is 0 Å². The molecule has 0 aliphatic carbocycles. The van der Waals surface area contributed by atoms with Crippen molar-refractivity contribution in [2.45, 2.75) is 303 Å². The third-order valence-electron chi connectivity index (χ3n) is 14.2. The highest BCUT2D eigenvalue weighted by atomic mass is 31.2. The second-order valence-electron chi connectivity index (χ2n) is 22.9. The van der Waals surface area contributed by atoms with Crippen LogP contribution in [0.25, 0.3) is 0 Å². The van der Waals surface area contributed by atoms with Crippen LogP contribution in [0.3, 0.4) is 0 Å². The molecule has 0 saturated carbocycles. The number of nitrogens with one attached hydrogen (secondary N) is 1. The fraction of sp³-hybridized carbons (Fsp3) is 0.791. The normalized spacial score (nSPS) is 14.1. The van der Waals surface area contributed by atoms with Gasteiger partial charge in [-0.3, -0.25) is 14.2 Å². The number of carbonyl (C=O) groups is 2. The molecule has 0 aromatic heterocycles. The molecule has 0 fully saturated rings. The van der Waals surface area contributed by atoms with E-state index in [1.165, 1.54) is 167 Å². The van der Waals surface area contributed by atoms with Gasteiger partial charge in [-0.1, -0.05) is 267 Å². The van der Waals surface area contributed by atoms with Crippen LogP contribution in [0.2, 0.25) is 0 Å². The van der Waals surface area contributed by atoms with Crippen LogP contribution < -0.4 is 10.2 Å². The summed E-state index contributed by atoms with van der Waals surface area (Å²) in [5.74, 6) is -0.561. The molecule has 0 bridgehead atoms. The first-order valence-electron chi connectivity index (χ1n) is 32.3. The molecular formula is C67H123N2O7P. The van der Waals surface area contributed by atoms with Gasteiger partial charge < -0.3 is 28.5 Å². The van der Waals surface area contributed by atoms with Gasteiger partial charge in [-0.25, -0.2) is 0 Å². The van der Waals surface area contributed by atoms with Crippen LogP contribution in [0.5, 0.6) is 0 Å². The molecule has 10 heteroatoms. The van der Waals surface area contributed by atoms with E-state index in [9.17, 15) is 19.0 Å². The number of hydrogen-bond donors (Lipinski definition) is 1. The first kappa shape index (κ1) is 74.5. The number of unbranched alkanes of at least 4 members (excludes halogenated alkanes) is 34. The van der Waals surface area contributed by atoms with E-state index in [4.69, 9.17) is 13.8 Å². The van der Waals surface area contributed by atoms with Gasteiger partial charge >= 0.3 is 5.97 Å². The monoisotopic (exact) mass is 1100 g/mol. The molecule has 0 aliphatic rings. The molecule has 0 aromatic rings. The number of allylic oxidation sites excluding steroid dienone is 11. The third-order valence-corrected chi connectivity index (χ3v) is 15.1. The van der Waals surface area contributed by atoms with Crippen molar-refractivity contribution in [2.24, 2.45) is 0 Å². The molecule has 0 rings (SSSR count). The van der Waals surface area contributed by atoms with Gasteiger partial charge in [0.25, 0.3) is 7.82 Å². The summed E-state index contributed by atoms with van der Waals surface area (Å²) < 4.78 is 30.3. The number of nitrogens with zero attached hydrogens (tertiary/aromatic N) is 1. The number of phosphoric acid groups is 1. The molecule has 3 unspecified atom stereocenters. The predicted molar refractivity (Wildman–Crippen MR) is 330 cm³/mol. The Bertz CT molecular complexity index is 1550. The molecule has 0 aromatic carbocycles. The highest BCUT2D eigenvalue weighted by Crippen LogP contribution is 2.38. The second kappa shape index (κ2) is 56.7. The standard InChI is InChI=1S/C67H123N2O7P/c1-7-10-13-16-19-22-25-27-28-29-30-31-32-33-34-35-36-37-38-39-40-42-44-47-50-53-56-59-66(70)68-64(63-75-77(72,73)74-62-61-69(4,5)6)65(58-55-52-49-46-43-24-21-18-15-12-9-3)76-67(71)60-57-54-51-48-45-41-26-23-20-17-14-11-8-2/h11,14,17,19-20,22-23,26-28,55,58,64-65H,7-10,12-13,15-16,18,21,24-25,29-54,56-57,59-63H2,1-6H3,(H-,68,70,72,73)/b14-11+,20-17+,22-19-,26-23-,28-27-,58-55-. The first-order valence-corrected chi connectivity index (χ1v) is 33.7. The van der Waals surface area contributed by atoms with E-state index in [1.54, 1.807) is 0 Å². The van der Waals surface area contributed by atoms with Crippen molar-refractivity contribution in [2.75, 3.05) is 40.9 Å². The highest BCUT2D eigenvalue weighted by molar-refractivity contribution is 7.45. The Morgan fingerprint density at radius 1 is 0.481 bits per heavy atom. The van der Waals surface area contributed by atoms with E-state index >= 15 is 0 Å². The molecule has 3 atom stereocenters. The average molecular weight is 1100 g/mol. The van der Waals surface area contributed by atoms with Gasteiger partial charge in [0.15, 0.2) is 0 Å². The fourth-order valence-corrected chi connectivity index (χ4v) is 9.92. The summed E-state index contributed by atoms with van der Waals surface area (Å²) in [6.07, 6.45) is 73.2. The van der Waals surface area contributed by atoms with E-state index in [-0.39, 0.29) is 24.9 Å². The van der Waals surface area contributed by atoms with Crippen LogP contribution in [0.1, 0.15) is 290 Å². The maximum Gasteiger partial charge on any atom is 0.306 e. The summed E-state index contributed by atoms with van der Waals surface area (Å²) in [7, 11) is 1.17. The van der Waals surface area contributed by atoms with E-state index in [2.05, 4.69) is 86.8 Å². The van der Waals surface area contributed by atoms with Crippen molar-refractivity contribution in [1.82, 2.24) is 5.32 Å². The van der Waals surface area contributed by atoms with Crippen molar-refractivity contribution in [1.29, 1.82) is 0 Å². The molecule has 1 amide bonds. The van der Waals surface area contributed by atoms with Gasteiger partial charge in [-0.05, 0) is 83.1 Å². The number of rotatable bonds is 58. The molecule has 77 heavy (non-hydrogen) atoms. The zero-order valence-electron chi connectivity index (χ0n) is 51.2. The number of carbonyl (C=O) groups excluding carboxylic acids is 2. The van der Waals surface area contributed by atoms with E-state index < -0.39 is 26.6 Å². The lowest BCUT2D eigenvalue weighted by Gasteiger charge is -2.30. The Labute approximate surface area is 476 Å². The summed E-state index contributed by atoms with van der Waals surface area (Å²) >= 11 is 0. The lowest BCUT2D eigenvalue weighted by atomic mass is 10.0. The smallest absolute Gasteiger partial charge is 0.306 e. The van der Waals surface area contributed by atoms with Gasteiger partial charge in [0.05, 0.1) is 33.8 Å². The third kappa shape index (κ3) is 57.9. The molecule has 448 valence electrons. The van der Waals surface area contributed by atoms with Crippen LogP contribution in [0, 0.1) is 0 Å². The van der Waals surface area contributed by atoms with Crippen molar-refractivity contribution >= 4 is 19.7 Å². The summed E-state index contributed by atoms with van der Waals surface area (Å²) in [6.45, 7) is 6.68. The van der Waals surface area contributed by atoms with Crippen LogP contribution in [0.4, 0.5) is 0 Å². The second-order valence-corrected chi connectivity index (χ2v) is 24.4. The van der Waals surface area contributed by atoms with Crippen LogP contribution in [0.15, 0.2) is 72.9 Å². The maximum absolute atomic E-state index is 13.5. The van der Waals surface area contributed by atoms with E-state index in [1.807, 2.05) is 33.3 Å². The zero-order valence-corrected chi connectivity index (χ0v) is 52.0. The van der Waals surface area contributed by atoms with Crippen LogP contribution in [-0.4, -0.2) is 69.4 Å². The van der Waals surface area contributed by atoms with Gasteiger partial charge in [-0.15, -0.1) is 0 Å². The zero-order chi connectivity index (χ0) is 56.4. The quantitative estimate of drug-likeness (QED) is 0.0161. The van der Waals surface area contributed by atoms with Crippen molar-refractivity contribution in [3.05, 3.63) is 72.9 Å². The number of esters is 1. The molecule has 0 spiro atoms. The van der Waals surface area contributed by atoms with E-state index in [0.717, 1.165) is 83.5 Å². The minimum Gasteiger partial charge on any atom is -0.756 e. The largest absolute Gasteiger partial charge is 0.756 e. The summed E-state index contributed by atoms with van der Waals surface area (Å²) in [6, 6.07) is -0.897. The average Bonchev–Trinajstić information content (AvgIpc) is 3.39. The summed E-state index contributed by atoms with van der Waals surface area (Å²) in [5.41, 5.74) is 0. The summed E-state index contributed by atoms with van der Waals surface area (Å²) in [5, 5.41) is 3.02. The molecule has 0 aliphatic heterocycles. The van der Waals surface area contributed by atoms with E-state index in [0.29, 0.717) is 23.9 Å². The Hall–Kier alpha value is -2.55. The van der Waals surface area contributed by atoms with Gasteiger partial charge in [0.2, 0.25) is 5.91 Å². The van der Waals surface area contributed by atoms with Crippen LogP contribution >= 0.6 is 7.82 Å². The Kier molecular flexibility index (Phi) is 54.8. The minimum atomic E-state index is -4.70. The van der Waals surface area contributed by atoms with Gasteiger partial charge in [0.1, 0.15) is 19.3 Å². The summed E-state index contributed by atoms with van der Waals surface area (Å²) in [4.78, 5) is 39.9. The van der Waals surface area contributed by atoms with Gasteiger partial charge in [0, 0.05) is 12.8 Å². The Morgan fingerprint density at radius 3 is 1.36 bits per heavy atom. The topological polar surface area (TPSA) is 114 Å². The highest BCUT2D eigenvalue weighted by Gasteiger charge is 2.27. The number of ether oxygens (including phenoxy) is 1. The fourth-order valence-electron chi connectivity index (χ4n) is 9.20. The lowest BCUT2D eigenvalue weighted by Crippen LogP contribution is -2.47. The SMILES string of the molecule is CC/C=C/C=C/C=C\CCCCCCCC(=O)OC(/C=C\CCCCCCCCCCC)C(COP(=O)([O-])OCC[N+](C)(C)C)NC(=O)CCCCCCCCCCCCCCCCCCC/C=C\C/C=C\CCCCC. The number of phosphoric ester groups is 1. The van der Waals surface area contributed by atoms with Crippen molar-refractivity contribution < 1.29 is 37.3 Å². The first-order chi connectivity index (χ1) is 37.4. The van der Waals surface area contributed by atoms with Crippen LogP contribution in [-0.2, 0) is 27.9 Å². The Balaban J connectivity index is 4.98. The van der Waals surface area contributed by atoms with Crippen molar-refractivity contribution in [3.8, 4) is 0 Å². The predicted octanol–water partition coefficient (Wildman–Crippen LogP) is 19.4.